The van der Waals surface area contributed by atoms with Crippen LogP contribution >= 0.6 is 11.6 Å². The Kier molecular flexibility index (Phi) is 4.46. The summed E-state index contributed by atoms with van der Waals surface area (Å²) in [5, 5.41) is 3.92. The SMILES string of the molecule is CCNC1CCN(c2ccc(Cl)cc2F)C(C)C1. The topological polar surface area (TPSA) is 15.3 Å². The Labute approximate surface area is 113 Å². The summed E-state index contributed by atoms with van der Waals surface area (Å²) in [5.41, 5.74) is 0.668. The van der Waals surface area contributed by atoms with Gasteiger partial charge in [0.15, 0.2) is 0 Å². The first-order chi connectivity index (χ1) is 8.61. The molecule has 0 amide bonds. The van der Waals surface area contributed by atoms with Crippen LogP contribution in [0.4, 0.5) is 10.1 Å². The Morgan fingerprint density at radius 2 is 2.28 bits per heavy atom. The zero-order chi connectivity index (χ0) is 13.1. The molecule has 1 aromatic carbocycles. The summed E-state index contributed by atoms with van der Waals surface area (Å²) in [6.07, 6.45) is 2.11. The minimum atomic E-state index is -0.226. The maximum Gasteiger partial charge on any atom is 0.147 e. The number of hydrogen-bond donors (Lipinski definition) is 1. The van der Waals surface area contributed by atoms with Gasteiger partial charge < -0.3 is 10.2 Å². The van der Waals surface area contributed by atoms with Gasteiger partial charge in [-0.05, 0) is 44.5 Å². The number of benzene rings is 1. The van der Waals surface area contributed by atoms with Gasteiger partial charge >= 0.3 is 0 Å². The van der Waals surface area contributed by atoms with Gasteiger partial charge in [-0.15, -0.1) is 0 Å². The standard InChI is InChI=1S/C14H20ClFN2/c1-3-17-12-6-7-18(10(2)8-12)14-5-4-11(15)9-13(14)16/h4-5,9-10,12,17H,3,6-8H2,1-2H3. The lowest BCUT2D eigenvalue weighted by Crippen LogP contribution is -2.47. The van der Waals surface area contributed by atoms with E-state index < -0.39 is 0 Å². The Morgan fingerprint density at radius 1 is 1.50 bits per heavy atom. The molecule has 0 spiro atoms. The number of rotatable bonds is 3. The molecule has 100 valence electrons. The summed E-state index contributed by atoms with van der Waals surface area (Å²) >= 11 is 5.79. The maximum atomic E-state index is 13.9. The third kappa shape index (κ3) is 2.96. The van der Waals surface area contributed by atoms with Crippen molar-refractivity contribution in [2.24, 2.45) is 0 Å². The van der Waals surface area contributed by atoms with Crippen LogP contribution in [0, 0.1) is 5.82 Å². The fraction of sp³-hybridized carbons (Fsp3) is 0.571. The van der Waals surface area contributed by atoms with Crippen molar-refractivity contribution in [2.45, 2.75) is 38.8 Å². The molecular weight excluding hydrogens is 251 g/mol. The molecule has 0 aromatic heterocycles. The number of hydrogen-bond acceptors (Lipinski definition) is 2. The third-order valence-electron chi connectivity index (χ3n) is 3.59. The van der Waals surface area contributed by atoms with Crippen molar-refractivity contribution >= 4 is 17.3 Å². The Morgan fingerprint density at radius 3 is 2.89 bits per heavy atom. The van der Waals surface area contributed by atoms with Crippen LogP contribution in [0.15, 0.2) is 18.2 Å². The van der Waals surface area contributed by atoms with Crippen molar-refractivity contribution in [2.75, 3.05) is 18.0 Å². The Bertz CT molecular complexity index is 411. The first-order valence-electron chi connectivity index (χ1n) is 6.57. The molecule has 1 saturated heterocycles. The molecule has 1 aliphatic heterocycles. The second-order valence-electron chi connectivity index (χ2n) is 4.92. The first kappa shape index (κ1) is 13.6. The highest BCUT2D eigenvalue weighted by Gasteiger charge is 2.26. The quantitative estimate of drug-likeness (QED) is 0.905. The smallest absolute Gasteiger partial charge is 0.147 e. The average Bonchev–Trinajstić information content (AvgIpc) is 2.31. The molecule has 2 unspecified atom stereocenters. The summed E-state index contributed by atoms with van der Waals surface area (Å²) in [7, 11) is 0. The zero-order valence-corrected chi connectivity index (χ0v) is 11.7. The van der Waals surface area contributed by atoms with Gasteiger partial charge in [0.2, 0.25) is 0 Å². The van der Waals surface area contributed by atoms with Crippen LogP contribution in [0.3, 0.4) is 0 Å². The molecule has 0 aliphatic carbocycles. The van der Waals surface area contributed by atoms with Crippen LogP contribution in [0.25, 0.3) is 0 Å². The van der Waals surface area contributed by atoms with Crippen molar-refractivity contribution in [1.82, 2.24) is 5.32 Å². The van der Waals surface area contributed by atoms with Gasteiger partial charge in [-0.1, -0.05) is 18.5 Å². The largest absolute Gasteiger partial charge is 0.366 e. The van der Waals surface area contributed by atoms with Crippen LogP contribution in [0.2, 0.25) is 5.02 Å². The molecule has 1 fully saturated rings. The Hall–Kier alpha value is -0.800. The zero-order valence-electron chi connectivity index (χ0n) is 10.9. The number of nitrogens with one attached hydrogen (secondary N) is 1. The molecule has 1 heterocycles. The fourth-order valence-corrected chi connectivity index (χ4v) is 2.88. The van der Waals surface area contributed by atoms with Crippen molar-refractivity contribution in [1.29, 1.82) is 0 Å². The van der Waals surface area contributed by atoms with E-state index in [1.165, 1.54) is 6.07 Å². The second kappa shape index (κ2) is 5.89. The monoisotopic (exact) mass is 270 g/mol. The molecule has 2 atom stereocenters. The summed E-state index contributed by atoms with van der Waals surface area (Å²) < 4.78 is 13.9. The van der Waals surface area contributed by atoms with E-state index in [1.807, 2.05) is 0 Å². The van der Waals surface area contributed by atoms with Gasteiger partial charge in [0.1, 0.15) is 5.82 Å². The number of nitrogens with zero attached hydrogens (tertiary/aromatic N) is 1. The van der Waals surface area contributed by atoms with E-state index in [0.717, 1.165) is 25.9 Å². The van der Waals surface area contributed by atoms with Crippen molar-refractivity contribution in [3.8, 4) is 0 Å². The highest BCUT2D eigenvalue weighted by atomic mass is 35.5. The summed E-state index contributed by atoms with van der Waals surface area (Å²) in [6.45, 7) is 6.15. The van der Waals surface area contributed by atoms with Crippen LogP contribution < -0.4 is 10.2 Å². The fourth-order valence-electron chi connectivity index (χ4n) is 2.72. The highest BCUT2D eigenvalue weighted by molar-refractivity contribution is 6.30. The van der Waals surface area contributed by atoms with Crippen LogP contribution in [0.1, 0.15) is 26.7 Å². The van der Waals surface area contributed by atoms with Gasteiger partial charge in [0.05, 0.1) is 5.69 Å². The molecular formula is C14H20ClFN2. The normalized spacial score (nSPS) is 24.3. The predicted octanol–water partition coefficient (Wildman–Crippen LogP) is 3.45. The summed E-state index contributed by atoms with van der Waals surface area (Å²) in [6, 6.07) is 5.82. The van der Waals surface area contributed by atoms with E-state index in [0.29, 0.717) is 22.8 Å². The van der Waals surface area contributed by atoms with Gasteiger partial charge in [-0.3, -0.25) is 0 Å². The lowest BCUT2D eigenvalue weighted by molar-refractivity contribution is 0.371. The van der Waals surface area contributed by atoms with Crippen LogP contribution in [0.5, 0.6) is 0 Å². The van der Waals surface area contributed by atoms with Crippen LogP contribution in [-0.2, 0) is 0 Å². The molecule has 0 radical (unpaired) electrons. The summed E-state index contributed by atoms with van der Waals surface area (Å²) in [4.78, 5) is 2.14. The lowest BCUT2D eigenvalue weighted by atomic mass is 9.97. The highest BCUT2D eigenvalue weighted by Crippen LogP contribution is 2.28. The second-order valence-corrected chi connectivity index (χ2v) is 5.35. The van der Waals surface area contributed by atoms with Crippen molar-refractivity contribution in [3.05, 3.63) is 29.0 Å². The van der Waals surface area contributed by atoms with Gasteiger partial charge in [0.25, 0.3) is 0 Å². The van der Waals surface area contributed by atoms with E-state index in [-0.39, 0.29) is 5.82 Å². The third-order valence-corrected chi connectivity index (χ3v) is 3.82. The van der Waals surface area contributed by atoms with E-state index in [4.69, 9.17) is 11.6 Å². The van der Waals surface area contributed by atoms with E-state index >= 15 is 0 Å². The van der Waals surface area contributed by atoms with Gasteiger partial charge in [-0.25, -0.2) is 4.39 Å². The van der Waals surface area contributed by atoms with Crippen molar-refractivity contribution < 1.29 is 4.39 Å². The van der Waals surface area contributed by atoms with Crippen molar-refractivity contribution in [3.63, 3.8) is 0 Å². The van der Waals surface area contributed by atoms with Gasteiger partial charge in [0, 0.05) is 23.7 Å². The molecule has 0 bridgehead atoms. The molecule has 2 rings (SSSR count). The maximum absolute atomic E-state index is 13.9. The molecule has 1 aromatic rings. The van der Waals surface area contributed by atoms with Crippen LogP contribution in [-0.4, -0.2) is 25.2 Å². The minimum absolute atomic E-state index is 0.226. The Balaban J connectivity index is 2.10. The van der Waals surface area contributed by atoms with Gasteiger partial charge in [-0.2, -0.15) is 0 Å². The van der Waals surface area contributed by atoms with E-state index in [9.17, 15) is 4.39 Å². The van der Waals surface area contributed by atoms with E-state index in [2.05, 4.69) is 24.1 Å². The molecule has 1 aliphatic rings. The average molecular weight is 271 g/mol. The molecule has 2 nitrogen and oxygen atoms in total. The number of halogens is 2. The summed E-state index contributed by atoms with van der Waals surface area (Å²) in [5.74, 6) is -0.226. The first-order valence-corrected chi connectivity index (χ1v) is 6.94. The minimum Gasteiger partial charge on any atom is -0.366 e. The number of anilines is 1. The lowest BCUT2D eigenvalue weighted by Gasteiger charge is -2.39. The molecule has 0 saturated carbocycles. The predicted molar refractivity (Wildman–Crippen MR) is 74.9 cm³/mol. The number of piperidine rings is 1. The molecule has 4 heteroatoms. The van der Waals surface area contributed by atoms with E-state index in [1.54, 1.807) is 12.1 Å². The molecule has 1 N–H and O–H groups in total. The molecule has 18 heavy (non-hydrogen) atoms.